The Bertz CT molecular complexity index is 760. The third kappa shape index (κ3) is 2.31. The molecule has 2 heterocycles. The third-order valence-corrected chi connectivity index (χ3v) is 4.58. The van der Waals surface area contributed by atoms with Crippen LogP contribution in [0.4, 0.5) is 0 Å². The summed E-state index contributed by atoms with van der Waals surface area (Å²) in [7, 11) is 0. The standard InChI is InChI=1S/C14H10BrNO2S/c15-13-6-5-10(19-13)8-16-11-4-2-1-3-9(11)7-12(16)14(17)18/h1-7H,8H2,(H,17,18). The Kier molecular flexibility index (Phi) is 3.16. The van der Waals surface area contributed by atoms with Crippen LogP contribution in [0.25, 0.3) is 10.9 Å². The first-order valence-electron chi connectivity index (χ1n) is 5.71. The van der Waals surface area contributed by atoms with E-state index in [0.29, 0.717) is 12.2 Å². The van der Waals surface area contributed by atoms with Gasteiger partial charge in [-0.25, -0.2) is 4.79 Å². The molecule has 0 aliphatic rings. The van der Waals surface area contributed by atoms with Crippen LogP contribution in [0, 0.1) is 0 Å². The first-order valence-corrected chi connectivity index (χ1v) is 7.32. The van der Waals surface area contributed by atoms with Crippen molar-refractivity contribution in [3.05, 3.63) is 56.8 Å². The van der Waals surface area contributed by atoms with Crippen molar-refractivity contribution in [1.29, 1.82) is 0 Å². The number of halogens is 1. The molecule has 0 unspecified atom stereocenters. The van der Waals surface area contributed by atoms with E-state index in [-0.39, 0.29) is 0 Å². The highest BCUT2D eigenvalue weighted by atomic mass is 79.9. The first-order chi connectivity index (χ1) is 9.15. The number of fused-ring (bicyclic) bond motifs is 1. The number of thiophene rings is 1. The molecule has 3 rings (SSSR count). The number of para-hydroxylation sites is 1. The van der Waals surface area contributed by atoms with Crippen LogP contribution in [-0.4, -0.2) is 15.6 Å². The summed E-state index contributed by atoms with van der Waals surface area (Å²) >= 11 is 5.04. The molecule has 2 aromatic heterocycles. The van der Waals surface area contributed by atoms with Gasteiger partial charge in [-0.3, -0.25) is 0 Å². The predicted octanol–water partition coefficient (Wildman–Crippen LogP) is 4.21. The van der Waals surface area contributed by atoms with E-state index in [1.54, 1.807) is 17.4 Å². The molecule has 0 bridgehead atoms. The highest BCUT2D eigenvalue weighted by Gasteiger charge is 2.14. The van der Waals surface area contributed by atoms with Gasteiger partial charge in [-0.15, -0.1) is 11.3 Å². The second-order valence-electron chi connectivity index (χ2n) is 4.19. The molecule has 0 aliphatic carbocycles. The maximum absolute atomic E-state index is 11.4. The Morgan fingerprint density at radius 3 is 2.74 bits per heavy atom. The van der Waals surface area contributed by atoms with Gasteiger partial charge in [-0.2, -0.15) is 0 Å². The van der Waals surface area contributed by atoms with Gasteiger partial charge in [0, 0.05) is 15.8 Å². The number of hydrogen-bond acceptors (Lipinski definition) is 2. The van der Waals surface area contributed by atoms with E-state index in [2.05, 4.69) is 15.9 Å². The van der Waals surface area contributed by atoms with Gasteiger partial charge >= 0.3 is 5.97 Å². The monoisotopic (exact) mass is 335 g/mol. The number of nitrogens with zero attached hydrogens (tertiary/aromatic N) is 1. The van der Waals surface area contributed by atoms with E-state index < -0.39 is 5.97 Å². The summed E-state index contributed by atoms with van der Waals surface area (Å²) in [5.74, 6) is -0.896. The zero-order valence-corrected chi connectivity index (χ0v) is 12.2. The number of carboxylic acid groups (broad SMARTS) is 1. The molecule has 19 heavy (non-hydrogen) atoms. The largest absolute Gasteiger partial charge is 0.477 e. The van der Waals surface area contributed by atoms with Crippen molar-refractivity contribution in [2.24, 2.45) is 0 Å². The van der Waals surface area contributed by atoms with Gasteiger partial charge in [0.25, 0.3) is 0 Å². The third-order valence-electron chi connectivity index (χ3n) is 2.97. The van der Waals surface area contributed by atoms with Crippen molar-refractivity contribution in [2.75, 3.05) is 0 Å². The summed E-state index contributed by atoms with van der Waals surface area (Å²) in [5.41, 5.74) is 1.27. The van der Waals surface area contributed by atoms with Gasteiger partial charge in [0.15, 0.2) is 0 Å². The molecule has 0 saturated heterocycles. The van der Waals surface area contributed by atoms with Crippen LogP contribution in [0.1, 0.15) is 15.4 Å². The second kappa shape index (κ2) is 4.83. The van der Waals surface area contributed by atoms with Crippen LogP contribution in [0.2, 0.25) is 0 Å². The van der Waals surface area contributed by atoms with Gasteiger partial charge in [-0.1, -0.05) is 18.2 Å². The zero-order chi connectivity index (χ0) is 13.4. The fraction of sp³-hybridized carbons (Fsp3) is 0.0714. The maximum Gasteiger partial charge on any atom is 0.352 e. The minimum atomic E-state index is -0.896. The predicted molar refractivity (Wildman–Crippen MR) is 80.0 cm³/mol. The summed E-state index contributed by atoms with van der Waals surface area (Å²) in [6.45, 7) is 0.575. The zero-order valence-electron chi connectivity index (χ0n) is 9.84. The normalized spacial score (nSPS) is 11.0. The molecule has 1 N–H and O–H groups in total. The number of rotatable bonds is 3. The summed E-state index contributed by atoms with van der Waals surface area (Å²) in [5, 5.41) is 10.3. The molecule has 5 heteroatoms. The van der Waals surface area contributed by atoms with Crippen molar-refractivity contribution in [3.63, 3.8) is 0 Å². The molecule has 3 nitrogen and oxygen atoms in total. The summed E-state index contributed by atoms with van der Waals surface area (Å²) in [4.78, 5) is 12.5. The maximum atomic E-state index is 11.4. The minimum Gasteiger partial charge on any atom is -0.477 e. The van der Waals surface area contributed by atoms with Crippen LogP contribution >= 0.6 is 27.3 Å². The van der Waals surface area contributed by atoms with Gasteiger partial charge in [0.2, 0.25) is 0 Å². The number of aromatic nitrogens is 1. The van der Waals surface area contributed by atoms with Crippen molar-refractivity contribution < 1.29 is 9.90 Å². The van der Waals surface area contributed by atoms with Crippen molar-refractivity contribution >= 4 is 44.1 Å². The van der Waals surface area contributed by atoms with E-state index in [1.165, 1.54) is 0 Å². The van der Waals surface area contributed by atoms with Gasteiger partial charge < -0.3 is 9.67 Å². The van der Waals surface area contributed by atoms with E-state index in [4.69, 9.17) is 0 Å². The Balaban J connectivity index is 2.14. The number of aromatic carboxylic acids is 1. The number of carbonyl (C=O) groups is 1. The van der Waals surface area contributed by atoms with Crippen LogP contribution in [0.5, 0.6) is 0 Å². The number of hydrogen-bond donors (Lipinski definition) is 1. The highest BCUT2D eigenvalue weighted by Crippen LogP contribution is 2.26. The molecule has 3 aromatic rings. The van der Waals surface area contributed by atoms with Crippen LogP contribution in [0.15, 0.2) is 46.3 Å². The lowest BCUT2D eigenvalue weighted by Crippen LogP contribution is -2.08. The van der Waals surface area contributed by atoms with E-state index >= 15 is 0 Å². The van der Waals surface area contributed by atoms with E-state index in [9.17, 15) is 9.90 Å². The fourth-order valence-corrected chi connectivity index (χ4v) is 3.62. The Morgan fingerprint density at radius 2 is 2.05 bits per heavy atom. The van der Waals surface area contributed by atoms with Gasteiger partial charge in [-0.05, 0) is 40.2 Å². The molecule has 96 valence electrons. The molecule has 0 radical (unpaired) electrons. The molecule has 1 aromatic carbocycles. The van der Waals surface area contributed by atoms with E-state index in [0.717, 1.165) is 19.6 Å². The van der Waals surface area contributed by atoms with Crippen LogP contribution in [-0.2, 0) is 6.54 Å². The molecule has 0 atom stereocenters. The smallest absolute Gasteiger partial charge is 0.352 e. The topological polar surface area (TPSA) is 42.2 Å². The van der Waals surface area contributed by atoms with Crippen molar-refractivity contribution in [2.45, 2.75) is 6.54 Å². The molecule has 0 aliphatic heterocycles. The van der Waals surface area contributed by atoms with Crippen molar-refractivity contribution in [3.8, 4) is 0 Å². The van der Waals surface area contributed by atoms with E-state index in [1.807, 2.05) is 41.0 Å². The summed E-state index contributed by atoms with van der Waals surface area (Å²) < 4.78 is 2.89. The summed E-state index contributed by atoms with van der Waals surface area (Å²) in [6, 6.07) is 13.4. The Labute approximate surface area is 122 Å². The average Bonchev–Trinajstić information content (AvgIpc) is 2.95. The second-order valence-corrected chi connectivity index (χ2v) is 6.73. The van der Waals surface area contributed by atoms with Gasteiger partial charge in [0.05, 0.1) is 10.3 Å². The lowest BCUT2D eigenvalue weighted by molar-refractivity contribution is 0.0686. The Morgan fingerprint density at radius 1 is 1.26 bits per heavy atom. The molecular formula is C14H10BrNO2S. The number of benzene rings is 1. The number of carboxylic acids is 1. The lowest BCUT2D eigenvalue weighted by atomic mass is 10.2. The molecule has 0 amide bonds. The first kappa shape index (κ1) is 12.4. The quantitative estimate of drug-likeness (QED) is 0.778. The van der Waals surface area contributed by atoms with Gasteiger partial charge in [0.1, 0.15) is 5.69 Å². The molecule has 0 spiro atoms. The molecule has 0 fully saturated rings. The minimum absolute atomic E-state index is 0.325. The molecular weight excluding hydrogens is 326 g/mol. The fourth-order valence-electron chi connectivity index (χ4n) is 2.15. The SMILES string of the molecule is O=C(O)c1cc2ccccc2n1Cc1ccc(Br)s1. The summed E-state index contributed by atoms with van der Waals surface area (Å²) in [6.07, 6.45) is 0. The lowest BCUT2D eigenvalue weighted by Gasteiger charge is -2.06. The van der Waals surface area contributed by atoms with Crippen LogP contribution < -0.4 is 0 Å². The van der Waals surface area contributed by atoms with Crippen molar-refractivity contribution in [1.82, 2.24) is 4.57 Å². The average molecular weight is 336 g/mol. The highest BCUT2D eigenvalue weighted by molar-refractivity contribution is 9.11. The van der Waals surface area contributed by atoms with Crippen LogP contribution in [0.3, 0.4) is 0 Å². The Hall–Kier alpha value is -1.59. The molecule has 0 saturated carbocycles.